The van der Waals surface area contributed by atoms with E-state index in [2.05, 4.69) is 46.8 Å². The summed E-state index contributed by atoms with van der Waals surface area (Å²) in [4.78, 5) is 4.16. The SMILES string of the molecule is Cc1ccc(CCCC(CCc2ccc(Cl)cc2Cl)CCn2ccnc2)cc1. The van der Waals surface area contributed by atoms with Crippen molar-refractivity contribution in [2.75, 3.05) is 0 Å². The molecule has 0 N–H and O–H groups in total. The van der Waals surface area contributed by atoms with Crippen molar-refractivity contribution in [3.05, 3.63) is 87.9 Å². The van der Waals surface area contributed by atoms with Gasteiger partial charge in [0, 0.05) is 29.0 Å². The summed E-state index contributed by atoms with van der Waals surface area (Å²) >= 11 is 12.4. The van der Waals surface area contributed by atoms with Gasteiger partial charge < -0.3 is 4.57 Å². The van der Waals surface area contributed by atoms with Gasteiger partial charge in [0.25, 0.3) is 0 Å². The zero-order chi connectivity index (χ0) is 19.8. The molecule has 0 fully saturated rings. The van der Waals surface area contributed by atoms with E-state index in [0.29, 0.717) is 10.9 Å². The normalized spacial score (nSPS) is 12.2. The van der Waals surface area contributed by atoms with Gasteiger partial charge >= 0.3 is 0 Å². The highest BCUT2D eigenvalue weighted by molar-refractivity contribution is 6.35. The number of aryl methyl sites for hydroxylation is 4. The maximum absolute atomic E-state index is 6.37. The predicted molar refractivity (Wildman–Crippen MR) is 119 cm³/mol. The second kappa shape index (κ2) is 10.7. The second-order valence-electron chi connectivity index (χ2n) is 7.61. The molecule has 0 aliphatic carbocycles. The molecular weight excluding hydrogens is 387 g/mol. The van der Waals surface area contributed by atoms with Gasteiger partial charge in [0.1, 0.15) is 0 Å². The Balaban J connectivity index is 1.54. The summed E-state index contributed by atoms with van der Waals surface area (Å²) in [5.74, 6) is 0.666. The zero-order valence-electron chi connectivity index (χ0n) is 16.5. The molecule has 0 saturated heterocycles. The first kappa shape index (κ1) is 21.0. The van der Waals surface area contributed by atoms with Crippen LogP contribution in [0.25, 0.3) is 0 Å². The van der Waals surface area contributed by atoms with Gasteiger partial charge in [0.05, 0.1) is 6.33 Å². The smallest absolute Gasteiger partial charge is 0.0945 e. The number of aromatic nitrogens is 2. The molecule has 2 nitrogen and oxygen atoms in total. The number of benzene rings is 2. The lowest BCUT2D eigenvalue weighted by Gasteiger charge is -2.18. The molecule has 0 spiro atoms. The highest BCUT2D eigenvalue weighted by Gasteiger charge is 2.11. The largest absolute Gasteiger partial charge is 0.337 e. The van der Waals surface area contributed by atoms with E-state index in [4.69, 9.17) is 23.2 Å². The molecule has 0 radical (unpaired) electrons. The summed E-state index contributed by atoms with van der Waals surface area (Å²) in [5, 5.41) is 1.48. The van der Waals surface area contributed by atoms with Crippen LogP contribution in [-0.4, -0.2) is 9.55 Å². The van der Waals surface area contributed by atoms with Crippen LogP contribution in [0.15, 0.2) is 61.2 Å². The molecule has 28 heavy (non-hydrogen) atoms. The molecule has 0 saturated carbocycles. The van der Waals surface area contributed by atoms with E-state index in [9.17, 15) is 0 Å². The van der Waals surface area contributed by atoms with Crippen LogP contribution in [0.1, 0.15) is 42.4 Å². The van der Waals surface area contributed by atoms with Crippen molar-refractivity contribution in [3.8, 4) is 0 Å². The van der Waals surface area contributed by atoms with E-state index in [1.165, 1.54) is 29.5 Å². The molecular formula is C24H28Cl2N2. The van der Waals surface area contributed by atoms with Crippen molar-refractivity contribution in [2.24, 2.45) is 5.92 Å². The molecule has 0 amide bonds. The Kier molecular flexibility index (Phi) is 8.00. The Morgan fingerprint density at radius 3 is 2.50 bits per heavy atom. The summed E-state index contributed by atoms with van der Waals surface area (Å²) in [6.07, 6.45) is 12.7. The number of nitrogens with zero attached hydrogens (tertiary/aromatic N) is 2. The average molecular weight is 415 g/mol. The van der Waals surface area contributed by atoms with Crippen LogP contribution in [0.3, 0.4) is 0 Å². The highest BCUT2D eigenvalue weighted by Crippen LogP contribution is 2.26. The lowest BCUT2D eigenvalue weighted by molar-refractivity contribution is 0.383. The second-order valence-corrected chi connectivity index (χ2v) is 8.45. The Morgan fingerprint density at radius 2 is 1.79 bits per heavy atom. The molecule has 1 atom stereocenters. The van der Waals surface area contributed by atoms with Crippen molar-refractivity contribution < 1.29 is 0 Å². The van der Waals surface area contributed by atoms with Gasteiger partial charge in [-0.1, -0.05) is 65.5 Å². The molecule has 0 bridgehead atoms. The summed E-state index contributed by atoms with van der Waals surface area (Å²) < 4.78 is 2.17. The fourth-order valence-electron chi connectivity index (χ4n) is 3.62. The fourth-order valence-corrected chi connectivity index (χ4v) is 4.12. The average Bonchev–Trinajstić information content (AvgIpc) is 3.20. The molecule has 148 valence electrons. The number of imidazole rings is 1. The minimum Gasteiger partial charge on any atom is -0.337 e. The molecule has 0 aliphatic rings. The quantitative estimate of drug-likeness (QED) is 0.343. The third-order valence-corrected chi connectivity index (χ3v) is 5.98. The van der Waals surface area contributed by atoms with Gasteiger partial charge in [0.15, 0.2) is 0 Å². The predicted octanol–water partition coefficient (Wildman–Crippen LogP) is 7.16. The van der Waals surface area contributed by atoms with Crippen LogP contribution in [0.2, 0.25) is 10.0 Å². The van der Waals surface area contributed by atoms with Crippen LogP contribution in [-0.2, 0) is 19.4 Å². The number of rotatable bonds is 10. The molecule has 0 aliphatic heterocycles. The van der Waals surface area contributed by atoms with Gasteiger partial charge in [-0.3, -0.25) is 0 Å². The summed E-state index contributed by atoms with van der Waals surface area (Å²) in [6, 6.07) is 14.7. The maximum Gasteiger partial charge on any atom is 0.0945 e. The Hall–Kier alpha value is -1.77. The van der Waals surface area contributed by atoms with Crippen LogP contribution in [0, 0.1) is 12.8 Å². The van der Waals surface area contributed by atoms with Crippen molar-refractivity contribution in [2.45, 2.75) is 52.0 Å². The zero-order valence-corrected chi connectivity index (χ0v) is 18.0. The Labute approximate surface area is 178 Å². The van der Waals surface area contributed by atoms with E-state index in [1.807, 2.05) is 30.9 Å². The summed E-state index contributed by atoms with van der Waals surface area (Å²) in [5.41, 5.74) is 3.94. The minimum atomic E-state index is 0.666. The number of hydrogen-bond acceptors (Lipinski definition) is 1. The molecule has 4 heteroatoms. The van der Waals surface area contributed by atoms with Crippen molar-refractivity contribution >= 4 is 23.2 Å². The first-order valence-corrected chi connectivity index (χ1v) is 10.8. The standard InChI is InChI=1S/C24H28Cl2N2/c1-19-5-7-20(8-6-19)3-2-4-21(13-15-28-16-14-27-18-28)9-10-22-11-12-23(25)17-24(22)26/h5-8,11-12,14,16-18,21H,2-4,9-10,13,15H2,1H3. The molecule has 1 unspecified atom stereocenters. The first-order chi connectivity index (χ1) is 13.6. The molecule has 3 aromatic rings. The lowest BCUT2D eigenvalue weighted by atomic mass is 9.90. The van der Waals surface area contributed by atoms with Crippen LogP contribution in [0.4, 0.5) is 0 Å². The Morgan fingerprint density at radius 1 is 0.964 bits per heavy atom. The monoisotopic (exact) mass is 414 g/mol. The van der Waals surface area contributed by atoms with Crippen molar-refractivity contribution in [1.82, 2.24) is 9.55 Å². The summed E-state index contributed by atoms with van der Waals surface area (Å²) in [6.45, 7) is 3.15. The Bertz CT molecular complexity index is 842. The van der Waals surface area contributed by atoms with E-state index in [0.717, 1.165) is 37.3 Å². The highest BCUT2D eigenvalue weighted by atomic mass is 35.5. The van der Waals surface area contributed by atoms with Crippen LogP contribution in [0.5, 0.6) is 0 Å². The molecule has 1 heterocycles. The van der Waals surface area contributed by atoms with E-state index in [-0.39, 0.29) is 0 Å². The number of hydrogen-bond donors (Lipinski definition) is 0. The third kappa shape index (κ3) is 6.68. The van der Waals surface area contributed by atoms with E-state index < -0.39 is 0 Å². The molecule has 2 aromatic carbocycles. The summed E-state index contributed by atoms with van der Waals surface area (Å²) in [7, 11) is 0. The van der Waals surface area contributed by atoms with Crippen molar-refractivity contribution in [3.63, 3.8) is 0 Å². The molecule has 1 aromatic heterocycles. The maximum atomic E-state index is 6.37. The minimum absolute atomic E-state index is 0.666. The molecule has 3 rings (SSSR count). The van der Waals surface area contributed by atoms with Gasteiger partial charge in [-0.15, -0.1) is 0 Å². The third-order valence-electron chi connectivity index (χ3n) is 5.39. The fraction of sp³-hybridized carbons (Fsp3) is 0.375. The van der Waals surface area contributed by atoms with Gasteiger partial charge in [0.2, 0.25) is 0 Å². The van der Waals surface area contributed by atoms with Gasteiger partial charge in [-0.2, -0.15) is 0 Å². The number of halogens is 2. The topological polar surface area (TPSA) is 17.8 Å². The van der Waals surface area contributed by atoms with E-state index >= 15 is 0 Å². The lowest BCUT2D eigenvalue weighted by Crippen LogP contribution is -2.08. The first-order valence-electron chi connectivity index (χ1n) is 10.1. The van der Waals surface area contributed by atoms with Crippen LogP contribution < -0.4 is 0 Å². The van der Waals surface area contributed by atoms with Crippen LogP contribution >= 0.6 is 23.2 Å². The van der Waals surface area contributed by atoms with Gasteiger partial charge in [-0.25, -0.2) is 4.98 Å². The van der Waals surface area contributed by atoms with E-state index in [1.54, 1.807) is 0 Å². The van der Waals surface area contributed by atoms with Gasteiger partial charge in [-0.05, 0) is 68.2 Å². The van der Waals surface area contributed by atoms with Crippen molar-refractivity contribution in [1.29, 1.82) is 0 Å².